The number of nitrogens with two attached hydrogens (primary N) is 1. The van der Waals surface area contributed by atoms with Crippen LogP contribution in [0.15, 0.2) is 28.9 Å². The van der Waals surface area contributed by atoms with Crippen molar-refractivity contribution in [1.82, 2.24) is 14.8 Å². The summed E-state index contributed by atoms with van der Waals surface area (Å²) in [4.78, 5) is 4.47. The van der Waals surface area contributed by atoms with Crippen LogP contribution in [0, 0.1) is 13.8 Å². The van der Waals surface area contributed by atoms with Crippen LogP contribution in [-0.4, -0.2) is 14.8 Å². The van der Waals surface area contributed by atoms with E-state index in [0.717, 1.165) is 38.1 Å². The predicted octanol–water partition coefficient (Wildman–Crippen LogP) is 3.54. The molecular weight excluding hydrogens is 342 g/mol. The molecule has 3 rings (SSSR count). The van der Waals surface area contributed by atoms with Crippen molar-refractivity contribution in [2.45, 2.75) is 20.4 Å². The number of hydrogen-bond acceptors (Lipinski definition) is 4. The first-order valence-electron chi connectivity index (χ1n) is 7.04. The highest BCUT2D eigenvalue weighted by atomic mass is 79.9. The Kier molecular flexibility index (Phi) is 3.78. The maximum absolute atomic E-state index is 6.06. The average molecular weight is 360 g/mol. The lowest BCUT2D eigenvalue weighted by Gasteiger charge is -2.11. The second-order valence-electron chi connectivity index (χ2n) is 5.35. The van der Waals surface area contributed by atoms with E-state index in [4.69, 9.17) is 5.73 Å². The minimum Gasteiger partial charge on any atom is -0.398 e. The van der Waals surface area contributed by atoms with Gasteiger partial charge < -0.3 is 11.1 Å². The molecule has 0 radical (unpaired) electrons. The second-order valence-corrected chi connectivity index (χ2v) is 6.20. The van der Waals surface area contributed by atoms with Gasteiger partial charge in [0.1, 0.15) is 5.82 Å². The quantitative estimate of drug-likeness (QED) is 0.701. The summed E-state index contributed by atoms with van der Waals surface area (Å²) >= 11 is 3.59. The number of nitrogens with one attached hydrogen (secondary N) is 1. The fourth-order valence-electron chi connectivity index (χ4n) is 2.66. The average Bonchev–Trinajstić information content (AvgIpc) is 2.74. The van der Waals surface area contributed by atoms with Crippen molar-refractivity contribution in [3.63, 3.8) is 0 Å². The molecule has 2 aromatic heterocycles. The first-order chi connectivity index (χ1) is 10.5. The van der Waals surface area contributed by atoms with Crippen molar-refractivity contribution in [1.29, 1.82) is 0 Å². The third-order valence-electron chi connectivity index (χ3n) is 4.00. The highest BCUT2D eigenvalue weighted by Gasteiger charge is 2.12. The number of hydrogen-bond donors (Lipinski definition) is 2. The number of nitrogen functional groups attached to an aromatic ring is 1. The van der Waals surface area contributed by atoms with E-state index >= 15 is 0 Å². The molecule has 1 aromatic carbocycles. The molecule has 0 fully saturated rings. The number of fused-ring (bicyclic) bond motifs is 1. The Labute approximate surface area is 137 Å². The van der Waals surface area contributed by atoms with E-state index in [9.17, 15) is 0 Å². The Morgan fingerprint density at radius 3 is 2.73 bits per heavy atom. The van der Waals surface area contributed by atoms with E-state index in [0.29, 0.717) is 6.54 Å². The third-order valence-corrected chi connectivity index (χ3v) is 4.66. The largest absolute Gasteiger partial charge is 0.398 e. The molecule has 6 heteroatoms. The molecule has 3 aromatic rings. The van der Waals surface area contributed by atoms with Gasteiger partial charge in [-0.1, -0.05) is 15.9 Å². The van der Waals surface area contributed by atoms with Gasteiger partial charge in [0.05, 0.1) is 5.69 Å². The predicted molar refractivity (Wildman–Crippen MR) is 93.9 cm³/mol. The monoisotopic (exact) mass is 359 g/mol. The standard InChI is InChI=1S/C16H18BrN5/c1-9-12(10(2)22(3)21-9)8-20-16-15-11(6-7-19-16)14(18)5-4-13(15)17/h4-7H,8,18H2,1-3H3,(H,19,20). The minimum absolute atomic E-state index is 0.679. The van der Waals surface area contributed by atoms with E-state index in [2.05, 4.69) is 38.3 Å². The lowest BCUT2D eigenvalue weighted by Crippen LogP contribution is -2.05. The Morgan fingerprint density at radius 1 is 1.27 bits per heavy atom. The molecule has 114 valence electrons. The van der Waals surface area contributed by atoms with Crippen LogP contribution in [0.3, 0.4) is 0 Å². The lowest BCUT2D eigenvalue weighted by atomic mass is 10.1. The van der Waals surface area contributed by atoms with Gasteiger partial charge in [0.25, 0.3) is 0 Å². The second kappa shape index (κ2) is 5.61. The van der Waals surface area contributed by atoms with Crippen LogP contribution in [0.2, 0.25) is 0 Å². The van der Waals surface area contributed by atoms with Crippen molar-refractivity contribution < 1.29 is 0 Å². The molecule has 2 heterocycles. The first kappa shape index (κ1) is 14.8. The van der Waals surface area contributed by atoms with Crippen LogP contribution >= 0.6 is 15.9 Å². The van der Waals surface area contributed by atoms with Gasteiger partial charge in [-0.05, 0) is 32.0 Å². The Bertz CT molecular complexity index is 853. The van der Waals surface area contributed by atoms with Crippen molar-refractivity contribution in [2.75, 3.05) is 11.1 Å². The van der Waals surface area contributed by atoms with E-state index in [-0.39, 0.29) is 0 Å². The molecule has 0 aliphatic carbocycles. The van der Waals surface area contributed by atoms with E-state index in [1.54, 1.807) is 6.20 Å². The molecule has 0 spiro atoms. The number of aryl methyl sites for hydroxylation is 2. The van der Waals surface area contributed by atoms with Crippen LogP contribution in [0.25, 0.3) is 10.8 Å². The van der Waals surface area contributed by atoms with E-state index in [1.165, 1.54) is 5.56 Å². The van der Waals surface area contributed by atoms with Gasteiger partial charge in [-0.25, -0.2) is 4.98 Å². The van der Waals surface area contributed by atoms with E-state index in [1.807, 2.05) is 36.9 Å². The zero-order chi connectivity index (χ0) is 15.9. The molecule has 0 aliphatic rings. The summed E-state index contributed by atoms with van der Waals surface area (Å²) in [5.41, 5.74) is 10.2. The van der Waals surface area contributed by atoms with Crippen molar-refractivity contribution in [3.8, 4) is 0 Å². The summed E-state index contributed by atoms with van der Waals surface area (Å²) in [6, 6.07) is 5.78. The molecule has 0 saturated carbocycles. The highest BCUT2D eigenvalue weighted by Crippen LogP contribution is 2.33. The SMILES string of the molecule is Cc1nn(C)c(C)c1CNc1nccc2c(N)ccc(Br)c12. The number of anilines is 2. The minimum atomic E-state index is 0.679. The normalized spacial score (nSPS) is 11.1. The number of aromatic nitrogens is 3. The number of rotatable bonds is 3. The van der Waals surface area contributed by atoms with Gasteiger partial charge in [0.15, 0.2) is 0 Å². The number of nitrogens with zero attached hydrogens (tertiary/aromatic N) is 3. The molecule has 0 atom stereocenters. The molecule has 0 unspecified atom stereocenters. The molecular formula is C16H18BrN5. The van der Waals surface area contributed by atoms with Gasteiger partial charge in [0, 0.05) is 52.0 Å². The fraction of sp³-hybridized carbons (Fsp3) is 0.250. The van der Waals surface area contributed by atoms with Crippen molar-refractivity contribution in [3.05, 3.63) is 45.8 Å². The summed E-state index contributed by atoms with van der Waals surface area (Å²) in [6.45, 7) is 4.77. The van der Waals surface area contributed by atoms with E-state index < -0.39 is 0 Å². The van der Waals surface area contributed by atoms with Gasteiger partial charge in [-0.15, -0.1) is 0 Å². The fourth-order valence-corrected chi connectivity index (χ4v) is 3.19. The molecule has 5 nitrogen and oxygen atoms in total. The maximum atomic E-state index is 6.06. The summed E-state index contributed by atoms with van der Waals surface area (Å²) in [5.74, 6) is 0.819. The summed E-state index contributed by atoms with van der Waals surface area (Å²) in [5, 5.41) is 9.85. The van der Waals surface area contributed by atoms with Crippen LogP contribution in [0.5, 0.6) is 0 Å². The lowest BCUT2D eigenvalue weighted by molar-refractivity contribution is 0.730. The third kappa shape index (κ3) is 2.43. The summed E-state index contributed by atoms with van der Waals surface area (Å²) in [6.07, 6.45) is 1.77. The van der Waals surface area contributed by atoms with Gasteiger partial charge >= 0.3 is 0 Å². The molecule has 0 amide bonds. The Balaban J connectivity index is 2.00. The van der Waals surface area contributed by atoms with Crippen LogP contribution < -0.4 is 11.1 Å². The summed E-state index contributed by atoms with van der Waals surface area (Å²) < 4.78 is 2.88. The zero-order valence-corrected chi connectivity index (χ0v) is 14.4. The number of pyridine rings is 1. The summed E-state index contributed by atoms with van der Waals surface area (Å²) in [7, 11) is 1.96. The zero-order valence-electron chi connectivity index (χ0n) is 12.8. The Hall–Kier alpha value is -2.08. The smallest absolute Gasteiger partial charge is 0.135 e. The van der Waals surface area contributed by atoms with Crippen LogP contribution in [-0.2, 0) is 13.6 Å². The number of benzene rings is 1. The van der Waals surface area contributed by atoms with Gasteiger partial charge in [0.2, 0.25) is 0 Å². The molecule has 22 heavy (non-hydrogen) atoms. The van der Waals surface area contributed by atoms with Crippen LogP contribution in [0.1, 0.15) is 17.0 Å². The maximum Gasteiger partial charge on any atom is 0.135 e. The van der Waals surface area contributed by atoms with Crippen molar-refractivity contribution >= 4 is 38.2 Å². The molecule has 0 saturated heterocycles. The van der Waals surface area contributed by atoms with Crippen LogP contribution in [0.4, 0.5) is 11.5 Å². The Morgan fingerprint density at radius 2 is 2.05 bits per heavy atom. The topological polar surface area (TPSA) is 68.8 Å². The van der Waals surface area contributed by atoms with Gasteiger partial charge in [-0.2, -0.15) is 5.10 Å². The van der Waals surface area contributed by atoms with Crippen molar-refractivity contribution in [2.24, 2.45) is 7.05 Å². The van der Waals surface area contributed by atoms with Gasteiger partial charge in [-0.3, -0.25) is 4.68 Å². The molecule has 0 aliphatic heterocycles. The molecule has 0 bridgehead atoms. The highest BCUT2D eigenvalue weighted by molar-refractivity contribution is 9.10. The molecule has 3 N–H and O–H groups in total. The number of halogens is 1. The first-order valence-corrected chi connectivity index (χ1v) is 7.84.